The van der Waals surface area contributed by atoms with Crippen LogP contribution in [0.15, 0.2) is 12.8 Å². The topological polar surface area (TPSA) is 66.0 Å². The Balaban J connectivity index is 3.16. The van der Waals surface area contributed by atoms with Crippen LogP contribution < -0.4 is 0 Å². The maximum absolute atomic E-state index is 10.5. The fraction of sp³-hybridized carbons (Fsp3) is 0.143. The normalized spacial score (nSPS) is 9.55. The summed E-state index contributed by atoms with van der Waals surface area (Å²) >= 11 is 0. The standard InChI is InChI=1S/C7H8N2O2/c1-4(2)6-5(7(10)11)3-8-9-6/h3H,1H2,2H3,(H,8,9)(H,10,11). The van der Waals surface area contributed by atoms with Crippen LogP contribution in [0.5, 0.6) is 0 Å². The summed E-state index contributed by atoms with van der Waals surface area (Å²) < 4.78 is 0. The lowest BCUT2D eigenvalue weighted by molar-refractivity contribution is 0.0696. The van der Waals surface area contributed by atoms with Crippen LogP contribution in [0.2, 0.25) is 0 Å². The molecule has 58 valence electrons. The Kier molecular flexibility index (Phi) is 1.76. The SMILES string of the molecule is C=C(C)c1[nH]ncc1C(=O)O. The van der Waals surface area contributed by atoms with Gasteiger partial charge in [0.25, 0.3) is 0 Å². The largest absolute Gasteiger partial charge is 0.478 e. The first-order valence-electron chi connectivity index (χ1n) is 3.05. The van der Waals surface area contributed by atoms with Crippen molar-refractivity contribution in [2.75, 3.05) is 0 Å². The Hall–Kier alpha value is -1.58. The molecule has 11 heavy (non-hydrogen) atoms. The number of carboxylic acid groups (broad SMARTS) is 1. The van der Waals surface area contributed by atoms with Gasteiger partial charge in [0, 0.05) is 0 Å². The molecule has 0 aliphatic rings. The van der Waals surface area contributed by atoms with Crippen LogP contribution >= 0.6 is 0 Å². The van der Waals surface area contributed by atoms with Gasteiger partial charge in [-0.1, -0.05) is 6.58 Å². The van der Waals surface area contributed by atoms with Crippen molar-refractivity contribution >= 4 is 11.5 Å². The van der Waals surface area contributed by atoms with Gasteiger partial charge in [-0.25, -0.2) is 4.79 Å². The average Bonchev–Trinajstić information content (AvgIpc) is 2.32. The van der Waals surface area contributed by atoms with Gasteiger partial charge >= 0.3 is 5.97 Å². The van der Waals surface area contributed by atoms with E-state index in [0.29, 0.717) is 11.3 Å². The minimum Gasteiger partial charge on any atom is -0.478 e. The van der Waals surface area contributed by atoms with Crippen LogP contribution in [0.1, 0.15) is 23.0 Å². The summed E-state index contributed by atoms with van der Waals surface area (Å²) in [5.41, 5.74) is 1.31. The van der Waals surface area contributed by atoms with E-state index in [1.165, 1.54) is 6.20 Å². The molecule has 1 aromatic rings. The zero-order chi connectivity index (χ0) is 8.43. The second kappa shape index (κ2) is 2.57. The van der Waals surface area contributed by atoms with Crippen LogP contribution in [0.4, 0.5) is 0 Å². The number of carboxylic acids is 1. The molecule has 1 rings (SSSR count). The van der Waals surface area contributed by atoms with E-state index in [1.54, 1.807) is 6.92 Å². The fourth-order valence-corrected chi connectivity index (χ4v) is 0.774. The Morgan fingerprint density at radius 1 is 1.82 bits per heavy atom. The molecular formula is C7H8N2O2. The van der Waals surface area contributed by atoms with Crippen molar-refractivity contribution in [1.82, 2.24) is 10.2 Å². The lowest BCUT2D eigenvalue weighted by Gasteiger charge is -1.94. The molecule has 0 bridgehead atoms. The molecule has 0 radical (unpaired) electrons. The van der Waals surface area contributed by atoms with Gasteiger partial charge in [0.05, 0.1) is 11.9 Å². The molecular weight excluding hydrogens is 144 g/mol. The average molecular weight is 152 g/mol. The van der Waals surface area contributed by atoms with Gasteiger partial charge in [-0.15, -0.1) is 0 Å². The monoisotopic (exact) mass is 152 g/mol. The second-order valence-electron chi connectivity index (χ2n) is 2.24. The molecule has 0 saturated carbocycles. The molecule has 1 aromatic heterocycles. The number of nitrogens with one attached hydrogen (secondary N) is 1. The van der Waals surface area contributed by atoms with E-state index in [9.17, 15) is 4.79 Å². The van der Waals surface area contributed by atoms with Crippen LogP contribution in [0, 0.1) is 0 Å². The van der Waals surface area contributed by atoms with Crippen LogP contribution in [-0.2, 0) is 0 Å². The summed E-state index contributed by atoms with van der Waals surface area (Å²) in [6.07, 6.45) is 1.27. The van der Waals surface area contributed by atoms with Crippen LogP contribution in [-0.4, -0.2) is 21.3 Å². The van der Waals surface area contributed by atoms with Crippen molar-refractivity contribution in [3.05, 3.63) is 24.0 Å². The maximum atomic E-state index is 10.5. The number of nitrogens with zero attached hydrogens (tertiary/aromatic N) is 1. The third-order valence-electron chi connectivity index (χ3n) is 1.30. The van der Waals surface area contributed by atoms with Crippen LogP contribution in [0.25, 0.3) is 5.57 Å². The minimum atomic E-state index is -0.989. The smallest absolute Gasteiger partial charge is 0.339 e. The summed E-state index contributed by atoms with van der Waals surface area (Å²) in [7, 11) is 0. The van der Waals surface area contributed by atoms with Crippen LogP contribution in [0.3, 0.4) is 0 Å². The molecule has 0 atom stereocenters. The van der Waals surface area contributed by atoms with Crippen molar-refractivity contribution in [3.8, 4) is 0 Å². The predicted molar refractivity (Wildman–Crippen MR) is 40.3 cm³/mol. The molecule has 1 heterocycles. The Morgan fingerprint density at radius 3 is 2.82 bits per heavy atom. The quantitative estimate of drug-likeness (QED) is 0.667. The molecule has 0 fully saturated rings. The molecule has 4 heteroatoms. The van der Waals surface area contributed by atoms with Gasteiger partial charge in [-0.2, -0.15) is 5.10 Å². The summed E-state index contributed by atoms with van der Waals surface area (Å²) in [5, 5.41) is 14.8. The zero-order valence-corrected chi connectivity index (χ0v) is 6.09. The van der Waals surface area contributed by atoms with E-state index in [-0.39, 0.29) is 5.56 Å². The lowest BCUT2D eigenvalue weighted by atomic mass is 10.1. The molecule has 0 aliphatic carbocycles. The number of carbonyl (C=O) groups is 1. The molecule has 4 nitrogen and oxygen atoms in total. The van der Waals surface area contributed by atoms with Gasteiger partial charge in [0.2, 0.25) is 0 Å². The van der Waals surface area contributed by atoms with E-state index in [0.717, 1.165) is 0 Å². The van der Waals surface area contributed by atoms with Crippen molar-refractivity contribution < 1.29 is 9.90 Å². The lowest BCUT2D eigenvalue weighted by Crippen LogP contribution is -1.97. The summed E-state index contributed by atoms with van der Waals surface area (Å²) in [6.45, 7) is 5.33. The molecule has 0 unspecified atom stereocenters. The predicted octanol–water partition coefficient (Wildman–Crippen LogP) is 1.14. The summed E-state index contributed by atoms with van der Waals surface area (Å²) in [5.74, 6) is -0.989. The van der Waals surface area contributed by atoms with Crippen molar-refractivity contribution in [2.45, 2.75) is 6.92 Å². The number of rotatable bonds is 2. The third kappa shape index (κ3) is 1.29. The minimum absolute atomic E-state index is 0.164. The second-order valence-corrected chi connectivity index (χ2v) is 2.24. The first-order valence-corrected chi connectivity index (χ1v) is 3.05. The summed E-state index contributed by atoms with van der Waals surface area (Å²) in [4.78, 5) is 10.5. The Labute approximate surface area is 63.6 Å². The highest BCUT2D eigenvalue weighted by molar-refractivity contribution is 5.92. The van der Waals surface area contributed by atoms with Crippen molar-refractivity contribution in [1.29, 1.82) is 0 Å². The Morgan fingerprint density at radius 2 is 2.45 bits per heavy atom. The van der Waals surface area contributed by atoms with E-state index in [1.807, 2.05) is 0 Å². The van der Waals surface area contributed by atoms with Gasteiger partial charge in [-0.3, -0.25) is 5.10 Å². The molecule has 0 spiro atoms. The molecule has 0 aliphatic heterocycles. The first kappa shape index (κ1) is 7.53. The van der Waals surface area contributed by atoms with Gasteiger partial charge in [0.15, 0.2) is 0 Å². The third-order valence-corrected chi connectivity index (χ3v) is 1.30. The number of hydrogen-bond donors (Lipinski definition) is 2. The first-order chi connectivity index (χ1) is 5.13. The van der Waals surface area contributed by atoms with Gasteiger partial charge in [-0.05, 0) is 12.5 Å². The van der Waals surface area contributed by atoms with E-state index >= 15 is 0 Å². The van der Waals surface area contributed by atoms with Gasteiger partial charge in [0.1, 0.15) is 5.56 Å². The maximum Gasteiger partial charge on any atom is 0.339 e. The highest BCUT2D eigenvalue weighted by Crippen LogP contribution is 2.12. The van der Waals surface area contributed by atoms with Crippen molar-refractivity contribution in [3.63, 3.8) is 0 Å². The van der Waals surface area contributed by atoms with Crippen molar-refractivity contribution in [2.24, 2.45) is 0 Å². The zero-order valence-electron chi connectivity index (χ0n) is 6.09. The van der Waals surface area contributed by atoms with E-state index in [4.69, 9.17) is 5.11 Å². The summed E-state index contributed by atoms with van der Waals surface area (Å²) in [6, 6.07) is 0. The van der Waals surface area contributed by atoms with E-state index < -0.39 is 5.97 Å². The fourth-order valence-electron chi connectivity index (χ4n) is 0.774. The molecule has 0 saturated heterocycles. The molecule has 0 amide bonds. The number of H-pyrrole nitrogens is 1. The molecule has 2 N–H and O–H groups in total. The number of aromatic nitrogens is 2. The Bertz CT molecular complexity index is 273. The highest BCUT2D eigenvalue weighted by atomic mass is 16.4. The molecule has 0 aromatic carbocycles. The van der Waals surface area contributed by atoms with E-state index in [2.05, 4.69) is 16.8 Å². The number of hydrogen-bond acceptors (Lipinski definition) is 2. The highest BCUT2D eigenvalue weighted by Gasteiger charge is 2.11. The van der Waals surface area contributed by atoms with Gasteiger partial charge < -0.3 is 5.11 Å². The number of aromatic carboxylic acids is 1. The number of aromatic amines is 1. The number of allylic oxidation sites excluding steroid dienone is 1.